The first kappa shape index (κ1) is 22.8. The van der Waals surface area contributed by atoms with Crippen LogP contribution in [0.4, 0.5) is 11.4 Å². The van der Waals surface area contributed by atoms with Gasteiger partial charge in [-0.1, -0.05) is 27.5 Å². The van der Waals surface area contributed by atoms with Crippen LogP contribution in [0.3, 0.4) is 0 Å². The molecule has 36 heavy (non-hydrogen) atoms. The van der Waals surface area contributed by atoms with E-state index in [1.165, 1.54) is 11.3 Å². The van der Waals surface area contributed by atoms with Crippen LogP contribution in [-0.4, -0.2) is 28.4 Å². The van der Waals surface area contributed by atoms with Gasteiger partial charge in [-0.2, -0.15) is 5.10 Å². The first-order chi connectivity index (χ1) is 17.5. The Bertz CT molecular complexity index is 1720. The number of aromatic amines is 1. The van der Waals surface area contributed by atoms with Gasteiger partial charge in [-0.05, 0) is 60.7 Å². The summed E-state index contributed by atoms with van der Waals surface area (Å²) in [6, 6.07) is 19.1. The molecule has 0 bridgehead atoms. The number of nitrogens with zero attached hydrogens (tertiary/aromatic N) is 3. The molecule has 0 saturated carbocycles. The van der Waals surface area contributed by atoms with Crippen molar-refractivity contribution in [1.82, 2.24) is 9.66 Å². The summed E-state index contributed by atoms with van der Waals surface area (Å²) in [7, 11) is 0. The molecular formula is C26H17BrClN5O2S. The fourth-order valence-corrected chi connectivity index (χ4v) is 5.24. The number of amides is 1. The van der Waals surface area contributed by atoms with Gasteiger partial charge in [0, 0.05) is 43.1 Å². The lowest BCUT2D eigenvalue weighted by atomic mass is 10.1. The average Bonchev–Trinajstić information content (AvgIpc) is 3.47. The molecule has 0 atom stereocenters. The van der Waals surface area contributed by atoms with E-state index in [0.717, 1.165) is 37.9 Å². The number of carbonyl (C=O) groups excluding carboxylic acids is 1. The van der Waals surface area contributed by atoms with Crippen molar-refractivity contribution in [2.45, 2.75) is 0 Å². The zero-order chi connectivity index (χ0) is 24.6. The molecule has 0 aliphatic carbocycles. The number of fused-ring (bicyclic) bond motifs is 2. The topological polar surface area (TPSA) is 83.8 Å². The lowest BCUT2D eigenvalue weighted by Crippen LogP contribution is -2.25. The van der Waals surface area contributed by atoms with Crippen LogP contribution in [0.2, 0.25) is 5.02 Å². The number of hydrogen-bond donors (Lipinski definition) is 2. The largest absolute Gasteiger partial charge is 0.482 e. The molecule has 3 heterocycles. The van der Waals surface area contributed by atoms with Crippen LogP contribution in [0.5, 0.6) is 5.75 Å². The number of ether oxygens (including phenoxy) is 1. The monoisotopic (exact) mass is 577 g/mol. The lowest BCUT2D eigenvalue weighted by molar-refractivity contribution is -0.118. The van der Waals surface area contributed by atoms with Crippen LogP contribution in [0, 0.1) is 0 Å². The molecular weight excluding hydrogens is 562 g/mol. The Morgan fingerprint density at radius 1 is 1.11 bits per heavy atom. The Balaban J connectivity index is 1.48. The third-order valence-corrected chi connectivity index (χ3v) is 7.19. The molecule has 2 N–H and O–H groups in total. The van der Waals surface area contributed by atoms with E-state index in [2.05, 4.69) is 32.3 Å². The highest BCUT2D eigenvalue weighted by Crippen LogP contribution is 2.33. The summed E-state index contributed by atoms with van der Waals surface area (Å²) in [5.74, 6) is 0.457. The van der Waals surface area contributed by atoms with E-state index in [1.807, 2.05) is 60.3 Å². The maximum atomic E-state index is 11.8. The predicted molar refractivity (Wildman–Crippen MR) is 148 cm³/mol. The molecule has 3 aromatic carbocycles. The Morgan fingerprint density at radius 2 is 1.97 bits per heavy atom. The molecule has 0 saturated heterocycles. The molecule has 10 heteroatoms. The van der Waals surface area contributed by atoms with Gasteiger partial charge in [-0.25, -0.2) is 9.67 Å². The van der Waals surface area contributed by atoms with Crippen molar-refractivity contribution in [1.29, 1.82) is 0 Å². The molecule has 5 aromatic rings. The number of rotatable bonds is 4. The highest BCUT2D eigenvalue weighted by atomic mass is 79.9. The van der Waals surface area contributed by atoms with Crippen molar-refractivity contribution in [3.8, 4) is 17.0 Å². The molecule has 0 spiro atoms. The van der Waals surface area contributed by atoms with Gasteiger partial charge in [-0.3, -0.25) is 4.79 Å². The molecule has 0 radical (unpaired) electrons. The number of anilines is 1. The van der Waals surface area contributed by atoms with Crippen molar-refractivity contribution in [2.75, 3.05) is 11.9 Å². The maximum absolute atomic E-state index is 11.8. The number of benzene rings is 3. The van der Waals surface area contributed by atoms with E-state index in [9.17, 15) is 4.79 Å². The molecule has 0 fully saturated rings. The maximum Gasteiger partial charge on any atom is 0.262 e. The predicted octanol–water partition coefficient (Wildman–Crippen LogP) is 6.56. The fourth-order valence-electron chi connectivity index (χ4n) is 3.90. The third-order valence-electron chi connectivity index (χ3n) is 5.63. The summed E-state index contributed by atoms with van der Waals surface area (Å²) in [6.45, 7) is 0.0138. The summed E-state index contributed by atoms with van der Waals surface area (Å²) in [5, 5.41) is 11.4. The number of carbonyl (C=O) groups is 1. The van der Waals surface area contributed by atoms with Crippen LogP contribution in [0.1, 0.15) is 5.56 Å². The van der Waals surface area contributed by atoms with Gasteiger partial charge in [0.1, 0.15) is 5.75 Å². The number of thiazole rings is 1. The summed E-state index contributed by atoms with van der Waals surface area (Å²) < 4.78 is 8.30. The van der Waals surface area contributed by atoms with Gasteiger partial charge >= 0.3 is 0 Å². The van der Waals surface area contributed by atoms with Crippen LogP contribution in [0.15, 0.2) is 86.8 Å². The molecule has 1 amide bonds. The van der Waals surface area contributed by atoms with E-state index in [4.69, 9.17) is 26.4 Å². The van der Waals surface area contributed by atoms with Gasteiger partial charge in [0.25, 0.3) is 5.91 Å². The summed E-state index contributed by atoms with van der Waals surface area (Å²) in [6.07, 6.45) is 3.74. The number of halogens is 2. The SMILES string of the molecule is O=C1COc2ccc(-c3csc(=Nc4ccc(Cl)cc4)n3N=Cc3c[nH]c4ccc(Br)cc34)cc2N1. The smallest absolute Gasteiger partial charge is 0.262 e. The molecule has 0 unspecified atom stereocenters. The molecule has 1 aliphatic rings. The van der Waals surface area contributed by atoms with Crippen LogP contribution < -0.4 is 14.9 Å². The molecule has 6 rings (SSSR count). The molecule has 2 aromatic heterocycles. The highest BCUT2D eigenvalue weighted by Gasteiger charge is 2.18. The summed E-state index contributed by atoms with van der Waals surface area (Å²) in [4.78, 5) is 20.6. The van der Waals surface area contributed by atoms with Crippen molar-refractivity contribution >= 4 is 73.3 Å². The Kier molecular flexibility index (Phi) is 5.96. The quantitative estimate of drug-likeness (QED) is 0.237. The molecule has 1 aliphatic heterocycles. The normalized spacial score (nSPS) is 13.7. The number of H-pyrrole nitrogens is 1. The molecule has 178 valence electrons. The van der Waals surface area contributed by atoms with E-state index < -0.39 is 0 Å². The van der Waals surface area contributed by atoms with E-state index in [1.54, 1.807) is 16.8 Å². The number of hydrogen-bond acceptors (Lipinski definition) is 5. The van der Waals surface area contributed by atoms with Crippen LogP contribution in [0.25, 0.3) is 22.2 Å². The summed E-state index contributed by atoms with van der Waals surface area (Å²) >= 11 is 11.1. The average molecular weight is 579 g/mol. The minimum absolute atomic E-state index is 0.0138. The van der Waals surface area contributed by atoms with E-state index in [-0.39, 0.29) is 12.5 Å². The van der Waals surface area contributed by atoms with Crippen molar-refractivity contribution < 1.29 is 9.53 Å². The standard InChI is InChI=1S/C26H17BrClN5O2S/c27-17-2-7-21-20(10-17)16(11-29-21)12-30-33-23(14-36-26(33)31-19-5-3-18(28)4-6-19)15-1-8-24-22(9-15)32-25(34)13-35-24/h1-12,14,29H,13H2,(H,32,34). The zero-order valence-electron chi connectivity index (χ0n) is 18.5. The van der Waals surface area contributed by atoms with Gasteiger partial charge in [0.2, 0.25) is 4.80 Å². The van der Waals surface area contributed by atoms with Gasteiger partial charge in [0.05, 0.1) is 23.3 Å². The zero-order valence-corrected chi connectivity index (χ0v) is 21.7. The van der Waals surface area contributed by atoms with Gasteiger partial charge < -0.3 is 15.0 Å². The van der Waals surface area contributed by atoms with Crippen LogP contribution >= 0.6 is 38.9 Å². The Hall–Kier alpha value is -3.66. The minimum atomic E-state index is -0.181. The van der Waals surface area contributed by atoms with E-state index in [0.29, 0.717) is 21.3 Å². The fraction of sp³-hybridized carbons (Fsp3) is 0.0385. The molecule has 7 nitrogen and oxygen atoms in total. The van der Waals surface area contributed by atoms with Crippen molar-refractivity contribution in [3.05, 3.63) is 92.1 Å². The van der Waals surface area contributed by atoms with Crippen molar-refractivity contribution in [2.24, 2.45) is 10.1 Å². The summed E-state index contributed by atoms with van der Waals surface area (Å²) in [5.41, 5.74) is 5.05. The Morgan fingerprint density at radius 3 is 2.83 bits per heavy atom. The second kappa shape index (κ2) is 9.42. The first-order valence-electron chi connectivity index (χ1n) is 10.9. The van der Waals surface area contributed by atoms with Crippen LogP contribution in [-0.2, 0) is 4.79 Å². The van der Waals surface area contributed by atoms with Gasteiger partial charge in [-0.15, -0.1) is 11.3 Å². The third kappa shape index (κ3) is 4.48. The van der Waals surface area contributed by atoms with Gasteiger partial charge in [0.15, 0.2) is 6.61 Å². The number of nitrogens with one attached hydrogen (secondary N) is 2. The second-order valence-electron chi connectivity index (χ2n) is 8.03. The van der Waals surface area contributed by atoms with E-state index >= 15 is 0 Å². The second-order valence-corrected chi connectivity index (χ2v) is 10.2. The highest BCUT2D eigenvalue weighted by molar-refractivity contribution is 9.10. The first-order valence-corrected chi connectivity index (χ1v) is 13.0. The van der Waals surface area contributed by atoms with Crippen molar-refractivity contribution in [3.63, 3.8) is 0 Å². The minimum Gasteiger partial charge on any atom is -0.482 e. The Labute approximate surface area is 222 Å². The number of aromatic nitrogens is 2. The lowest BCUT2D eigenvalue weighted by Gasteiger charge is -2.18.